The van der Waals surface area contributed by atoms with Gasteiger partial charge >= 0.3 is 12.1 Å². The number of hydrogen-bond acceptors (Lipinski definition) is 6. The van der Waals surface area contributed by atoms with Crippen molar-refractivity contribution in [2.24, 2.45) is 0 Å². The molecule has 8 heteroatoms. The molecule has 2 aliphatic rings. The van der Waals surface area contributed by atoms with Crippen LogP contribution >= 0.6 is 0 Å². The Morgan fingerprint density at radius 3 is 2.03 bits per heavy atom. The molecule has 37 heavy (non-hydrogen) atoms. The van der Waals surface area contributed by atoms with Gasteiger partial charge in [-0.25, -0.2) is 9.59 Å². The molecule has 1 aliphatic carbocycles. The summed E-state index contributed by atoms with van der Waals surface area (Å²) < 4.78 is 5.58. The summed E-state index contributed by atoms with van der Waals surface area (Å²) in [7, 11) is 0. The fourth-order valence-corrected chi connectivity index (χ4v) is 4.80. The highest BCUT2D eigenvalue weighted by atomic mass is 16.7. The van der Waals surface area contributed by atoms with E-state index in [1.54, 1.807) is 0 Å². The molecule has 1 aliphatic heterocycles. The SMILES string of the molecule is O=C(N[C@@H](CCc1ccccc1)C(=O)ON1C(=O)CCC1=O)OCC1c2ccccc2-c2ccccc21. The van der Waals surface area contributed by atoms with E-state index in [2.05, 4.69) is 5.32 Å². The van der Waals surface area contributed by atoms with Gasteiger partial charge in [-0.1, -0.05) is 78.9 Å². The van der Waals surface area contributed by atoms with Crippen molar-refractivity contribution in [3.8, 4) is 11.1 Å². The highest BCUT2D eigenvalue weighted by Crippen LogP contribution is 2.44. The summed E-state index contributed by atoms with van der Waals surface area (Å²) in [6, 6.07) is 24.3. The largest absolute Gasteiger partial charge is 0.449 e. The van der Waals surface area contributed by atoms with Crippen LogP contribution in [-0.4, -0.2) is 41.6 Å². The van der Waals surface area contributed by atoms with Crippen LogP contribution in [0.15, 0.2) is 78.9 Å². The Labute approximate surface area is 214 Å². The predicted octanol–water partition coefficient (Wildman–Crippen LogP) is 4.13. The van der Waals surface area contributed by atoms with Gasteiger partial charge in [0.2, 0.25) is 0 Å². The minimum atomic E-state index is -1.11. The quantitative estimate of drug-likeness (QED) is 0.469. The number of alkyl carbamates (subject to hydrolysis) is 1. The van der Waals surface area contributed by atoms with Gasteiger partial charge in [-0.05, 0) is 40.7 Å². The summed E-state index contributed by atoms with van der Waals surface area (Å²) in [6.45, 7) is 0.0867. The number of carbonyl (C=O) groups excluding carboxylic acids is 4. The topological polar surface area (TPSA) is 102 Å². The van der Waals surface area contributed by atoms with Crippen molar-refractivity contribution < 1.29 is 28.8 Å². The first kappa shape index (κ1) is 24.2. The Hall–Kier alpha value is -4.46. The first-order chi connectivity index (χ1) is 18.0. The van der Waals surface area contributed by atoms with E-state index in [0.717, 1.165) is 27.8 Å². The number of hydroxylamine groups is 2. The summed E-state index contributed by atoms with van der Waals surface area (Å²) in [4.78, 5) is 54.6. The van der Waals surface area contributed by atoms with Gasteiger partial charge in [0, 0.05) is 18.8 Å². The van der Waals surface area contributed by atoms with Crippen LogP contribution in [0.2, 0.25) is 0 Å². The Bertz CT molecular complexity index is 1280. The average molecular weight is 499 g/mol. The zero-order valence-corrected chi connectivity index (χ0v) is 20.1. The van der Waals surface area contributed by atoms with E-state index in [4.69, 9.17) is 9.57 Å². The van der Waals surface area contributed by atoms with Gasteiger partial charge in [-0.15, -0.1) is 5.06 Å². The number of ether oxygens (including phenoxy) is 1. The van der Waals surface area contributed by atoms with Gasteiger partial charge in [0.05, 0.1) is 0 Å². The highest BCUT2D eigenvalue weighted by molar-refractivity contribution is 6.01. The minimum absolute atomic E-state index is 0.0133. The molecule has 1 atom stereocenters. The second kappa shape index (κ2) is 10.7. The summed E-state index contributed by atoms with van der Waals surface area (Å²) in [5, 5.41) is 3.06. The van der Waals surface area contributed by atoms with E-state index in [1.165, 1.54) is 0 Å². The van der Waals surface area contributed by atoms with Crippen molar-refractivity contribution in [2.75, 3.05) is 6.61 Å². The fraction of sp³-hybridized carbons (Fsp3) is 0.241. The number of fused-ring (bicyclic) bond motifs is 3. The molecule has 0 radical (unpaired) electrons. The van der Waals surface area contributed by atoms with Gasteiger partial charge in [-0.3, -0.25) is 9.59 Å². The maximum atomic E-state index is 12.9. The monoisotopic (exact) mass is 498 g/mol. The number of rotatable bonds is 8. The smallest absolute Gasteiger partial charge is 0.407 e. The molecule has 0 aromatic heterocycles. The molecule has 1 fully saturated rings. The molecule has 0 spiro atoms. The normalized spacial score (nSPS) is 15.2. The number of amides is 3. The van der Waals surface area contributed by atoms with Crippen LogP contribution in [-0.2, 0) is 30.4 Å². The molecule has 0 unspecified atom stereocenters. The van der Waals surface area contributed by atoms with E-state index in [9.17, 15) is 19.2 Å². The van der Waals surface area contributed by atoms with E-state index in [-0.39, 0.29) is 31.8 Å². The van der Waals surface area contributed by atoms with Gasteiger partial charge in [0.15, 0.2) is 0 Å². The number of benzene rings is 3. The Kier molecular flexibility index (Phi) is 6.98. The Morgan fingerprint density at radius 2 is 1.41 bits per heavy atom. The van der Waals surface area contributed by atoms with Crippen LogP contribution in [0.1, 0.15) is 41.9 Å². The van der Waals surface area contributed by atoms with Crippen LogP contribution < -0.4 is 5.32 Å². The van der Waals surface area contributed by atoms with Gasteiger partial charge in [-0.2, -0.15) is 0 Å². The molecule has 1 saturated heterocycles. The molecular weight excluding hydrogens is 472 g/mol. The summed E-state index contributed by atoms with van der Waals surface area (Å²) in [5.74, 6) is -2.19. The predicted molar refractivity (Wildman–Crippen MR) is 134 cm³/mol. The Morgan fingerprint density at radius 1 is 0.838 bits per heavy atom. The molecule has 5 rings (SSSR count). The van der Waals surface area contributed by atoms with Crippen molar-refractivity contribution >= 4 is 23.9 Å². The molecule has 3 amide bonds. The molecule has 0 saturated carbocycles. The van der Waals surface area contributed by atoms with Gasteiger partial charge < -0.3 is 14.9 Å². The zero-order valence-electron chi connectivity index (χ0n) is 20.1. The third kappa shape index (κ3) is 5.23. The van der Waals surface area contributed by atoms with Gasteiger partial charge in [0.1, 0.15) is 12.6 Å². The first-order valence-corrected chi connectivity index (χ1v) is 12.2. The summed E-state index contributed by atoms with van der Waals surface area (Å²) in [5.41, 5.74) is 5.32. The van der Waals surface area contributed by atoms with Crippen molar-refractivity contribution in [3.05, 3.63) is 95.6 Å². The maximum absolute atomic E-state index is 12.9. The van der Waals surface area contributed by atoms with Crippen LogP contribution in [0.3, 0.4) is 0 Å². The van der Waals surface area contributed by atoms with Crippen LogP contribution in [0, 0.1) is 0 Å². The van der Waals surface area contributed by atoms with Gasteiger partial charge in [0.25, 0.3) is 11.8 Å². The van der Waals surface area contributed by atoms with E-state index >= 15 is 0 Å². The van der Waals surface area contributed by atoms with E-state index in [1.807, 2.05) is 78.9 Å². The van der Waals surface area contributed by atoms with Crippen molar-refractivity contribution in [1.82, 2.24) is 10.4 Å². The number of hydrogen-bond donors (Lipinski definition) is 1. The standard InChI is InChI=1S/C29H26N2O6/c32-26-16-17-27(33)31(26)37-28(34)25(15-14-19-8-2-1-3-9-19)30-29(35)36-18-24-22-12-6-4-10-20(22)21-11-5-7-13-23(21)24/h1-13,24-25H,14-18H2,(H,30,35)/t25-/m0/s1. The molecule has 8 nitrogen and oxygen atoms in total. The van der Waals surface area contributed by atoms with Crippen LogP contribution in [0.25, 0.3) is 11.1 Å². The van der Waals surface area contributed by atoms with E-state index in [0.29, 0.717) is 11.5 Å². The molecule has 3 aromatic carbocycles. The molecule has 3 aromatic rings. The lowest BCUT2D eigenvalue weighted by atomic mass is 9.98. The third-order valence-corrected chi connectivity index (χ3v) is 6.67. The van der Waals surface area contributed by atoms with Crippen LogP contribution in [0.4, 0.5) is 4.79 Å². The average Bonchev–Trinajstić information content (AvgIpc) is 3.42. The minimum Gasteiger partial charge on any atom is -0.449 e. The molecular formula is C29H26N2O6. The zero-order chi connectivity index (χ0) is 25.8. The lowest BCUT2D eigenvalue weighted by molar-refractivity contribution is -0.199. The molecule has 0 bridgehead atoms. The Balaban J connectivity index is 1.26. The fourth-order valence-electron chi connectivity index (χ4n) is 4.80. The number of nitrogens with zero attached hydrogens (tertiary/aromatic N) is 1. The number of nitrogens with one attached hydrogen (secondary N) is 1. The lowest BCUT2D eigenvalue weighted by Gasteiger charge is -2.21. The second-order valence-corrected chi connectivity index (χ2v) is 9.04. The number of imide groups is 1. The van der Waals surface area contributed by atoms with Crippen molar-refractivity contribution in [2.45, 2.75) is 37.6 Å². The second-order valence-electron chi connectivity index (χ2n) is 9.04. The van der Waals surface area contributed by atoms with Crippen LogP contribution in [0.5, 0.6) is 0 Å². The van der Waals surface area contributed by atoms with Crippen molar-refractivity contribution in [3.63, 3.8) is 0 Å². The first-order valence-electron chi connectivity index (χ1n) is 12.2. The molecule has 1 N–H and O–H groups in total. The maximum Gasteiger partial charge on any atom is 0.407 e. The van der Waals surface area contributed by atoms with E-state index < -0.39 is 29.9 Å². The summed E-state index contributed by atoms with van der Waals surface area (Å²) in [6.07, 6.45) is -0.146. The molecule has 188 valence electrons. The van der Waals surface area contributed by atoms with Crippen molar-refractivity contribution in [1.29, 1.82) is 0 Å². The number of carbonyl (C=O) groups is 4. The lowest BCUT2D eigenvalue weighted by Crippen LogP contribution is -2.46. The number of aryl methyl sites for hydroxylation is 1. The molecule has 1 heterocycles. The summed E-state index contributed by atoms with van der Waals surface area (Å²) >= 11 is 0. The highest BCUT2D eigenvalue weighted by Gasteiger charge is 2.36. The third-order valence-electron chi connectivity index (χ3n) is 6.67.